The number of anilines is 1. The zero-order valence-electron chi connectivity index (χ0n) is 14.9. The highest BCUT2D eigenvalue weighted by atomic mass is 32.2. The summed E-state index contributed by atoms with van der Waals surface area (Å²) < 4.78 is 30.3. The topological polar surface area (TPSA) is 144 Å². The second-order valence-electron chi connectivity index (χ2n) is 6.93. The fourth-order valence-electron chi connectivity index (χ4n) is 3.73. The van der Waals surface area contributed by atoms with Crippen LogP contribution in [0.2, 0.25) is 0 Å². The number of nitrogens with one attached hydrogen (secondary N) is 1. The third kappa shape index (κ3) is 3.07. The molecule has 4 rings (SSSR count). The summed E-state index contributed by atoms with van der Waals surface area (Å²) in [6, 6.07) is 3.58. The predicted molar refractivity (Wildman–Crippen MR) is 99.0 cm³/mol. The van der Waals surface area contributed by atoms with Crippen LogP contribution < -0.4 is 9.62 Å². The summed E-state index contributed by atoms with van der Waals surface area (Å²) in [5, 5.41) is 18.5. The van der Waals surface area contributed by atoms with Crippen molar-refractivity contribution >= 4 is 33.2 Å². The van der Waals surface area contributed by atoms with Crippen LogP contribution in [0.4, 0.5) is 10.6 Å². The molecule has 2 aromatic rings. The molecule has 148 valence electrons. The molecule has 0 bridgehead atoms. The number of rotatable bonds is 5. The molecule has 11 nitrogen and oxygen atoms in total. The van der Waals surface area contributed by atoms with E-state index in [4.69, 9.17) is 5.26 Å². The monoisotopic (exact) mass is 405 g/mol. The van der Waals surface area contributed by atoms with Crippen molar-refractivity contribution in [1.29, 1.82) is 5.26 Å². The number of carbonyl (C=O) groups is 1. The zero-order chi connectivity index (χ0) is 19.9. The van der Waals surface area contributed by atoms with Crippen molar-refractivity contribution in [3.8, 4) is 6.07 Å². The van der Waals surface area contributed by atoms with Crippen molar-refractivity contribution in [3.63, 3.8) is 0 Å². The maximum Gasteiger partial charge on any atom is 0.417 e. The van der Waals surface area contributed by atoms with Gasteiger partial charge in [-0.15, -0.1) is 0 Å². The molecule has 0 aromatic carbocycles. The lowest BCUT2D eigenvalue weighted by Crippen LogP contribution is -2.59. The first-order valence-electron chi connectivity index (χ1n) is 8.83. The van der Waals surface area contributed by atoms with E-state index < -0.39 is 21.8 Å². The molecule has 1 aliphatic heterocycles. The van der Waals surface area contributed by atoms with E-state index in [-0.39, 0.29) is 19.5 Å². The van der Waals surface area contributed by atoms with Gasteiger partial charge >= 0.3 is 6.09 Å². The van der Waals surface area contributed by atoms with Gasteiger partial charge < -0.3 is 10.0 Å². The molecule has 0 radical (unpaired) electrons. The quantitative estimate of drug-likeness (QED) is 0.678. The zero-order valence-corrected chi connectivity index (χ0v) is 15.8. The van der Waals surface area contributed by atoms with Gasteiger partial charge in [0, 0.05) is 38.8 Å². The van der Waals surface area contributed by atoms with Crippen LogP contribution in [-0.2, 0) is 10.2 Å². The Morgan fingerprint density at radius 3 is 2.82 bits per heavy atom. The molecule has 3 heterocycles. The second-order valence-corrected chi connectivity index (χ2v) is 8.61. The standard InChI is InChI=1S/C16H19N7O4S/c17-5-1-6-20-28(26,27)23-9-8-21(10-16(23)3-4-16)13-12-2-7-22(15(24)25)14(12)19-11-18-13/h2,7,11,20H,1,3-4,6,8-10H2,(H,24,25). The van der Waals surface area contributed by atoms with Crippen LogP contribution in [0.5, 0.6) is 0 Å². The molecule has 1 saturated heterocycles. The van der Waals surface area contributed by atoms with E-state index in [1.165, 1.54) is 16.8 Å². The highest BCUT2D eigenvalue weighted by molar-refractivity contribution is 7.87. The van der Waals surface area contributed by atoms with Crippen LogP contribution in [-0.4, -0.2) is 70.2 Å². The van der Waals surface area contributed by atoms with E-state index in [0.29, 0.717) is 29.9 Å². The van der Waals surface area contributed by atoms with Crippen LogP contribution in [0.25, 0.3) is 11.0 Å². The molecule has 0 atom stereocenters. The maximum atomic E-state index is 12.6. The van der Waals surface area contributed by atoms with Gasteiger partial charge in [-0.2, -0.15) is 18.0 Å². The Kier molecular flexibility index (Phi) is 4.45. The van der Waals surface area contributed by atoms with E-state index in [9.17, 15) is 18.3 Å². The minimum absolute atomic E-state index is 0.0877. The Labute approximate surface area is 161 Å². The van der Waals surface area contributed by atoms with Crippen molar-refractivity contribution in [2.24, 2.45) is 0 Å². The first-order chi connectivity index (χ1) is 13.4. The molecule has 1 saturated carbocycles. The minimum atomic E-state index is -3.66. The highest BCUT2D eigenvalue weighted by Crippen LogP contribution is 2.46. The van der Waals surface area contributed by atoms with Crippen LogP contribution in [0.1, 0.15) is 19.3 Å². The van der Waals surface area contributed by atoms with E-state index >= 15 is 0 Å². The fraction of sp³-hybridized carbons (Fsp3) is 0.500. The highest BCUT2D eigenvalue weighted by Gasteiger charge is 2.56. The average molecular weight is 405 g/mol. The van der Waals surface area contributed by atoms with Gasteiger partial charge in [-0.1, -0.05) is 0 Å². The van der Waals surface area contributed by atoms with Crippen LogP contribution in [0, 0.1) is 11.3 Å². The number of hydrogen-bond acceptors (Lipinski definition) is 7. The Morgan fingerprint density at radius 2 is 2.14 bits per heavy atom. The van der Waals surface area contributed by atoms with E-state index in [2.05, 4.69) is 14.7 Å². The third-order valence-corrected chi connectivity index (χ3v) is 6.91. The van der Waals surface area contributed by atoms with Gasteiger partial charge in [-0.25, -0.2) is 24.1 Å². The molecule has 0 unspecified atom stereocenters. The molecule has 2 fully saturated rings. The van der Waals surface area contributed by atoms with E-state index in [0.717, 1.165) is 17.4 Å². The SMILES string of the molecule is N#CCCNS(=O)(=O)N1CCN(c2ncnc3c2ccn3C(=O)O)CC12CC2. The Morgan fingerprint density at radius 1 is 1.36 bits per heavy atom. The Bertz CT molecular complexity index is 1070. The first kappa shape index (κ1) is 18.6. The number of nitrogens with zero attached hydrogens (tertiary/aromatic N) is 6. The molecule has 2 aromatic heterocycles. The van der Waals surface area contributed by atoms with Crippen molar-refractivity contribution in [1.82, 2.24) is 23.6 Å². The summed E-state index contributed by atoms with van der Waals surface area (Å²) in [5.74, 6) is 0.603. The number of fused-ring (bicyclic) bond motifs is 1. The molecule has 0 amide bonds. The fourth-order valence-corrected chi connectivity index (χ4v) is 5.32. The van der Waals surface area contributed by atoms with E-state index in [1.54, 1.807) is 6.07 Å². The molecule has 2 aliphatic rings. The van der Waals surface area contributed by atoms with Gasteiger partial charge in [0.1, 0.15) is 12.1 Å². The molecule has 1 spiro atoms. The van der Waals surface area contributed by atoms with Gasteiger partial charge in [-0.05, 0) is 18.9 Å². The lowest BCUT2D eigenvalue weighted by atomic mass is 10.2. The van der Waals surface area contributed by atoms with Crippen molar-refractivity contribution < 1.29 is 18.3 Å². The molecular formula is C16H19N7O4S. The number of piperazine rings is 1. The smallest absolute Gasteiger partial charge is 0.417 e. The minimum Gasteiger partial charge on any atom is -0.464 e. The van der Waals surface area contributed by atoms with Gasteiger partial charge in [0.2, 0.25) is 0 Å². The third-order valence-electron chi connectivity index (χ3n) is 5.19. The lowest BCUT2D eigenvalue weighted by Gasteiger charge is -2.41. The normalized spacial score (nSPS) is 19.0. The Hall–Kier alpha value is -2.75. The van der Waals surface area contributed by atoms with Gasteiger partial charge in [-0.3, -0.25) is 0 Å². The van der Waals surface area contributed by atoms with Crippen molar-refractivity contribution in [2.75, 3.05) is 31.1 Å². The maximum absolute atomic E-state index is 12.6. The summed E-state index contributed by atoms with van der Waals surface area (Å²) in [7, 11) is -3.66. The molecule has 1 aliphatic carbocycles. The molecule has 28 heavy (non-hydrogen) atoms. The average Bonchev–Trinajstić information content (AvgIpc) is 3.26. The summed E-state index contributed by atoms with van der Waals surface area (Å²) in [6.07, 6.45) is 3.23. The van der Waals surface area contributed by atoms with Gasteiger partial charge in [0.05, 0.1) is 17.0 Å². The lowest BCUT2D eigenvalue weighted by molar-refractivity contribution is 0.197. The van der Waals surface area contributed by atoms with E-state index in [1.807, 2.05) is 11.0 Å². The molecule has 12 heteroatoms. The number of nitriles is 1. The summed E-state index contributed by atoms with van der Waals surface area (Å²) >= 11 is 0. The largest absolute Gasteiger partial charge is 0.464 e. The number of aromatic nitrogens is 3. The Balaban J connectivity index is 1.59. The van der Waals surface area contributed by atoms with Crippen LogP contribution >= 0.6 is 0 Å². The van der Waals surface area contributed by atoms with Crippen LogP contribution in [0.15, 0.2) is 18.6 Å². The summed E-state index contributed by atoms with van der Waals surface area (Å²) in [5.41, 5.74) is -0.195. The number of carboxylic acid groups (broad SMARTS) is 1. The summed E-state index contributed by atoms with van der Waals surface area (Å²) in [6.45, 7) is 1.26. The predicted octanol–water partition coefficient (Wildman–Crippen LogP) is 0.360. The summed E-state index contributed by atoms with van der Waals surface area (Å²) in [4.78, 5) is 21.7. The number of hydrogen-bond donors (Lipinski definition) is 2. The van der Waals surface area contributed by atoms with Gasteiger partial charge in [0.25, 0.3) is 10.2 Å². The van der Waals surface area contributed by atoms with Gasteiger partial charge in [0.15, 0.2) is 5.65 Å². The molecular weight excluding hydrogens is 386 g/mol. The second kappa shape index (κ2) is 6.69. The molecule has 2 N–H and O–H groups in total. The van der Waals surface area contributed by atoms with Crippen LogP contribution in [0.3, 0.4) is 0 Å². The van der Waals surface area contributed by atoms with Crippen molar-refractivity contribution in [3.05, 3.63) is 18.6 Å². The van der Waals surface area contributed by atoms with Crippen molar-refractivity contribution in [2.45, 2.75) is 24.8 Å². The first-order valence-corrected chi connectivity index (χ1v) is 10.3.